The molecule has 1 heterocycles. The predicted octanol–water partition coefficient (Wildman–Crippen LogP) is -1.78. The SMILES string of the molecule is Clc1[nH+]ccs1.[Cl-]. The molecule has 0 saturated heterocycles. The van der Waals surface area contributed by atoms with Crippen molar-refractivity contribution in [2.24, 2.45) is 0 Å². The first-order valence-electron chi connectivity index (χ1n) is 1.50. The summed E-state index contributed by atoms with van der Waals surface area (Å²) in [6.07, 6.45) is 1.80. The highest BCUT2D eigenvalue weighted by atomic mass is 35.5. The summed E-state index contributed by atoms with van der Waals surface area (Å²) in [6.45, 7) is 0. The van der Waals surface area contributed by atoms with Gasteiger partial charge in [0.05, 0.1) is 5.38 Å². The van der Waals surface area contributed by atoms with E-state index in [9.17, 15) is 0 Å². The largest absolute Gasteiger partial charge is 1.00 e. The number of halogens is 2. The molecule has 0 aliphatic heterocycles. The van der Waals surface area contributed by atoms with Crippen LogP contribution in [0.5, 0.6) is 0 Å². The van der Waals surface area contributed by atoms with E-state index in [-0.39, 0.29) is 12.4 Å². The van der Waals surface area contributed by atoms with Gasteiger partial charge < -0.3 is 12.4 Å². The molecule has 4 heteroatoms. The first kappa shape index (κ1) is 7.21. The molecule has 1 N–H and O–H groups in total. The van der Waals surface area contributed by atoms with Gasteiger partial charge in [0.15, 0.2) is 6.20 Å². The van der Waals surface area contributed by atoms with Gasteiger partial charge in [0.1, 0.15) is 0 Å². The molecular weight excluding hydrogens is 153 g/mol. The number of nitrogens with one attached hydrogen (secondary N) is 1. The lowest BCUT2D eigenvalue weighted by Crippen LogP contribution is -3.00. The lowest BCUT2D eigenvalue weighted by atomic mass is 11.0. The minimum atomic E-state index is 0. The van der Waals surface area contributed by atoms with Crippen molar-refractivity contribution in [3.05, 3.63) is 16.0 Å². The molecule has 0 fully saturated rings. The Morgan fingerprint density at radius 2 is 2.43 bits per heavy atom. The average molecular weight is 156 g/mol. The maximum Gasteiger partial charge on any atom is 0.331 e. The Morgan fingerprint density at radius 1 is 1.71 bits per heavy atom. The molecule has 1 aromatic heterocycles. The Kier molecular flexibility index (Phi) is 3.34. The average Bonchev–Trinajstić information content (AvgIpc) is 1.86. The quantitative estimate of drug-likeness (QED) is 0.421. The van der Waals surface area contributed by atoms with Gasteiger partial charge in [-0.3, -0.25) is 0 Å². The Balaban J connectivity index is 0.000000360. The lowest BCUT2D eigenvalue weighted by Gasteiger charge is -1.52. The summed E-state index contributed by atoms with van der Waals surface area (Å²) in [5.74, 6) is 0. The standard InChI is InChI=1S/C3H2ClNS.ClH/c4-3-5-1-2-6-3;/h1-2H;1H. The summed E-state index contributed by atoms with van der Waals surface area (Å²) in [5.41, 5.74) is 0. The zero-order valence-electron chi connectivity index (χ0n) is 3.32. The third-order valence-corrected chi connectivity index (χ3v) is 1.41. The number of hydrogen-bond donors (Lipinski definition) is 0. The van der Waals surface area contributed by atoms with Crippen molar-refractivity contribution >= 4 is 22.9 Å². The molecule has 7 heavy (non-hydrogen) atoms. The summed E-state index contributed by atoms with van der Waals surface area (Å²) < 4.78 is 0.731. The molecule has 1 aromatic rings. The third kappa shape index (κ3) is 2.12. The second kappa shape index (κ2) is 3.24. The van der Waals surface area contributed by atoms with Crippen LogP contribution in [0.15, 0.2) is 11.6 Å². The first-order chi connectivity index (χ1) is 2.89. The van der Waals surface area contributed by atoms with E-state index in [1.165, 1.54) is 11.3 Å². The van der Waals surface area contributed by atoms with E-state index in [4.69, 9.17) is 11.6 Å². The lowest BCUT2D eigenvalue weighted by molar-refractivity contribution is -0.368. The predicted molar refractivity (Wildman–Crippen MR) is 25.9 cm³/mol. The van der Waals surface area contributed by atoms with E-state index in [0.29, 0.717) is 0 Å². The fraction of sp³-hybridized carbons (Fsp3) is 0. The van der Waals surface area contributed by atoms with Gasteiger partial charge in [0, 0.05) is 11.6 Å². The van der Waals surface area contributed by atoms with Crippen molar-refractivity contribution in [1.29, 1.82) is 0 Å². The van der Waals surface area contributed by atoms with Gasteiger partial charge in [-0.25, -0.2) is 0 Å². The van der Waals surface area contributed by atoms with Crippen LogP contribution < -0.4 is 17.4 Å². The Morgan fingerprint density at radius 3 is 2.57 bits per heavy atom. The minimum absolute atomic E-state index is 0. The Labute approximate surface area is 56.7 Å². The van der Waals surface area contributed by atoms with Crippen LogP contribution in [-0.2, 0) is 0 Å². The molecule has 0 aromatic carbocycles. The monoisotopic (exact) mass is 155 g/mol. The van der Waals surface area contributed by atoms with Gasteiger partial charge in [-0.1, -0.05) is 11.3 Å². The maximum atomic E-state index is 5.42. The summed E-state index contributed by atoms with van der Waals surface area (Å²) in [4.78, 5) is 2.78. The fourth-order valence-electron chi connectivity index (χ4n) is 0.227. The van der Waals surface area contributed by atoms with E-state index >= 15 is 0 Å². The van der Waals surface area contributed by atoms with Gasteiger partial charge >= 0.3 is 4.47 Å². The number of aromatic amines is 1. The number of hydrogen-bond acceptors (Lipinski definition) is 1. The highest BCUT2D eigenvalue weighted by Crippen LogP contribution is 2.04. The van der Waals surface area contributed by atoms with Crippen molar-refractivity contribution in [3.8, 4) is 0 Å². The highest BCUT2D eigenvalue weighted by molar-refractivity contribution is 7.13. The molecule has 0 unspecified atom stereocenters. The third-order valence-electron chi connectivity index (χ3n) is 0.436. The summed E-state index contributed by atoms with van der Waals surface area (Å²) in [6, 6.07) is 0. The Bertz CT molecular complexity index is 116. The molecular formula is C3H3Cl2NS. The van der Waals surface area contributed by atoms with Crippen molar-refractivity contribution in [3.63, 3.8) is 0 Å². The van der Waals surface area contributed by atoms with E-state index < -0.39 is 0 Å². The molecule has 0 atom stereocenters. The second-order valence-corrected chi connectivity index (χ2v) is 2.36. The van der Waals surface area contributed by atoms with Crippen molar-refractivity contribution in [1.82, 2.24) is 0 Å². The van der Waals surface area contributed by atoms with Crippen LogP contribution in [0.4, 0.5) is 0 Å². The van der Waals surface area contributed by atoms with E-state index in [1.807, 2.05) is 5.38 Å². The topological polar surface area (TPSA) is 14.1 Å². The van der Waals surface area contributed by atoms with Crippen molar-refractivity contribution < 1.29 is 17.4 Å². The zero-order chi connectivity index (χ0) is 4.41. The fourth-order valence-corrected chi connectivity index (χ4v) is 0.836. The van der Waals surface area contributed by atoms with Gasteiger partial charge in [-0.2, -0.15) is 4.98 Å². The summed E-state index contributed by atoms with van der Waals surface area (Å²) >= 11 is 6.91. The number of aromatic nitrogens is 1. The molecule has 0 radical (unpaired) electrons. The number of rotatable bonds is 0. The molecule has 0 aliphatic carbocycles. The van der Waals surface area contributed by atoms with Crippen LogP contribution in [0.1, 0.15) is 0 Å². The number of H-pyrrole nitrogens is 1. The molecule has 40 valence electrons. The number of thiazole rings is 1. The molecule has 1 rings (SSSR count). The van der Waals surface area contributed by atoms with Crippen molar-refractivity contribution in [2.75, 3.05) is 0 Å². The van der Waals surface area contributed by atoms with Crippen LogP contribution in [0, 0.1) is 0 Å². The van der Waals surface area contributed by atoms with Crippen LogP contribution in [0.2, 0.25) is 4.47 Å². The molecule has 1 nitrogen and oxygen atoms in total. The maximum absolute atomic E-state index is 5.42. The Hall–Kier alpha value is 0.210. The van der Waals surface area contributed by atoms with Gasteiger partial charge in [-0.05, 0) is 0 Å². The highest BCUT2D eigenvalue weighted by Gasteiger charge is 1.89. The first-order valence-corrected chi connectivity index (χ1v) is 2.76. The van der Waals surface area contributed by atoms with Crippen LogP contribution >= 0.6 is 22.9 Å². The molecule has 0 amide bonds. The molecule has 0 aliphatic rings. The summed E-state index contributed by atoms with van der Waals surface area (Å²) in [5, 5.41) is 1.89. The zero-order valence-corrected chi connectivity index (χ0v) is 5.65. The van der Waals surface area contributed by atoms with Crippen LogP contribution in [-0.4, -0.2) is 0 Å². The molecule has 0 bridgehead atoms. The van der Waals surface area contributed by atoms with Crippen LogP contribution in [0.3, 0.4) is 0 Å². The van der Waals surface area contributed by atoms with Crippen LogP contribution in [0.25, 0.3) is 0 Å². The molecule has 0 spiro atoms. The summed E-state index contributed by atoms with van der Waals surface area (Å²) in [7, 11) is 0. The normalized spacial score (nSPS) is 7.57. The van der Waals surface area contributed by atoms with Gasteiger partial charge in [0.2, 0.25) is 0 Å². The smallest absolute Gasteiger partial charge is 0.331 e. The van der Waals surface area contributed by atoms with Gasteiger partial charge in [0.25, 0.3) is 0 Å². The van der Waals surface area contributed by atoms with E-state index in [2.05, 4.69) is 4.98 Å². The van der Waals surface area contributed by atoms with Crippen molar-refractivity contribution in [2.45, 2.75) is 0 Å². The van der Waals surface area contributed by atoms with E-state index in [1.54, 1.807) is 6.20 Å². The van der Waals surface area contributed by atoms with E-state index in [0.717, 1.165) is 4.47 Å². The minimum Gasteiger partial charge on any atom is -1.00 e. The van der Waals surface area contributed by atoms with Gasteiger partial charge in [-0.15, -0.1) is 0 Å². The second-order valence-electron chi connectivity index (χ2n) is 0.839. The molecule has 0 saturated carbocycles.